The molecule has 2 rings (SSSR count). The Hall–Kier alpha value is -0.640. The molecule has 1 fully saturated rings. The first-order valence-electron chi connectivity index (χ1n) is 6.57. The number of H-pyrrole nitrogens is 1. The highest BCUT2D eigenvalue weighted by atomic mass is 32.1. The minimum Gasteiger partial charge on any atom is -0.299 e. The first-order valence-corrected chi connectivity index (χ1v) is 6.98. The van der Waals surface area contributed by atoms with E-state index in [1.54, 1.807) is 0 Å². The third kappa shape index (κ3) is 2.62. The molecule has 1 aliphatic rings. The van der Waals surface area contributed by atoms with Crippen molar-refractivity contribution in [2.24, 2.45) is 5.92 Å². The highest BCUT2D eigenvalue weighted by Crippen LogP contribution is 2.36. The van der Waals surface area contributed by atoms with Gasteiger partial charge in [-0.05, 0) is 51.7 Å². The molecule has 0 radical (unpaired) electrons. The van der Waals surface area contributed by atoms with Gasteiger partial charge in [-0.2, -0.15) is 5.10 Å². The molecule has 96 valence electrons. The van der Waals surface area contributed by atoms with E-state index in [9.17, 15) is 0 Å². The van der Waals surface area contributed by atoms with Gasteiger partial charge in [-0.25, -0.2) is 0 Å². The summed E-state index contributed by atoms with van der Waals surface area (Å²) in [6.45, 7) is 8.91. The zero-order valence-corrected chi connectivity index (χ0v) is 12.1. The lowest BCUT2D eigenvalue weighted by molar-refractivity contribution is 0.308. The van der Waals surface area contributed by atoms with Crippen molar-refractivity contribution < 1.29 is 0 Å². The minimum atomic E-state index is 0.0163. The van der Waals surface area contributed by atoms with Gasteiger partial charge < -0.3 is 0 Å². The molecule has 1 saturated carbocycles. The molecule has 1 N–H and O–H groups in total. The van der Waals surface area contributed by atoms with E-state index in [0.29, 0.717) is 5.92 Å². The fourth-order valence-corrected chi connectivity index (χ4v) is 3.16. The molecule has 1 aliphatic carbocycles. The fourth-order valence-electron chi connectivity index (χ4n) is 2.75. The zero-order chi connectivity index (χ0) is 12.6. The quantitative estimate of drug-likeness (QED) is 0.768. The van der Waals surface area contributed by atoms with Crippen molar-refractivity contribution in [2.45, 2.75) is 64.8 Å². The SMILES string of the molecule is CC1CCC(c2n[nH]c(=S)n2C(C)(C)C)CC1. The van der Waals surface area contributed by atoms with Crippen LogP contribution < -0.4 is 0 Å². The lowest BCUT2D eigenvalue weighted by Gasteiger charge is -2.29. The first-order chi connectivity index (χ1) is 7.89. The molecule has 0 aliphatic heterocycles. The summed E-state index contributed by atoms with van der Waals surface area (Å²) in [4.78, 5) is 0. The molecule has 0 amide bonds. The Kier molecular flexibility index (Phi) is 3.43. The smallest absolute Gasteiger partial charge is 0.195 e. The number of hydrogen-bond acceptors (Lipinski definition) is 2. The molecule has 1 aromatic rings. The van der Waals surface area contributed by atoms with Gasteiger partial charge in [0.1, 0.15) is 5.82 Å². The maximum Gasteiger partial charge on any atom is 0.195 e. The summed E-state index contributed by atoms with van der Waals surface area (Å²) in [6, 6.07) is 0. The standard InChI is InChI=1S/C13H23N3S/c1-9-5-7-10(8-6-9)11-14-15-12(17)16(11)13(2,3)4/h9-10H,5-8H2,1-4H3,(H,15,17). The Bertz CT molecular complexity index is 430. The van der Waals surface area contributed by atoms with Crippen LogP contribution in [0.15, 0.2) is 0 Å². The molecule has 0 atom stereocenters. The van der Waals surface area contributed by atoms with E-state index in [1.807, 2.05) is 0 Å². The van der Waals surface area contributed by atoms with Crippen LogP contribution in [0.5, 0.6) is 0 Å². The highest BCUT2D eigenvalue weighted by Gasteiger charge is 2.27. The summed E-state index contributed by atoms with van der Waals surface area (Å²) in [7, 11) is 0. The Labute approximate surface area is 109 Å². The van der Waals surface area contributed by atoms with Gasteiger partial charge in [-0.1, -0.05) is 19.8 Å². The summed E-state index contributed by atoms with van der Waals surface area (Å²) in [6.07, 6.45) is 5.12. The molecule has 0 aromatic carbocycles. The van der Waals surface area contributed by atoms with Crippen molar-refractivity contribution >= 4 is 12.2 Å². The predicted octanol–water partition coefficient (Wildman–Crippen LogP) is 3.99. The summed E-state index contributed by atoms with van der Waals surface area (Å²) in [5.41, 5.74) is 0.0163. The van der Waals surface area contributed by atoms with Crippen molar-refractivity contribution in [3.05, 3.63) is 10.6 Å². The molecule has 17 heavy (non-hydrogen) atoms. The number of aromatic amines is 1. The zero-order valence-electron chi connectivity index (χ0n) is 11.3. The maximum atomic E-state index is 5.36. The van der Waals surface area contributed by atoms with E-state index in [2.05, 4.69) is 42.5 Å². The van der Waals surface area contributed by atoms with Gasteiger partial charge in [0.05, 0.1) is 0 Å². The van der Waals surface area contributed by atoms with Gasteiger partial charge in [0, 0.05) is 11.5 Å². The molecule has 0 unspecified atom stereocenters. The Morgan fingerprint density at radius 1 is 1.24 bits per heavy atom. The number of nitrogens with one attached hydrogen (secondary N) is 1. The predicted molar refractivity (Wildman–Crippen MR) is 72.8 cm³/mol. The maximum absolute atomic E-state index is 5.36. The van der Waals surface area contributed by atoms with Crippen molar-refractivity contribution in [3.8, 4) is 0 Å². The molecular weight excluding hydrogens is 230 g/mol. The van der Waals surface area contributed by atoms with Crippen LogP contribution in [-0.2, 0) is 5.54 Å². The van der Waals surface area contributed by atoms with Crippen LogP contribution in [0.25, 0.3) is 0 Å². The van der Waals surface area contributed by atoms with Crippen LogP contribution in [-0.4, -0.2) is 14.8 Å². The molecular formula is C13H23N3S. The minimum absolute atomic E-state index is 0.0163. The number of hydrogen-bond donors (Lipinski definition) is 1. The van der Waals surface area contributed by atoms with Crippen LogP contribution in [0, 0.1) is 10.7 Å². The second-order valence-corrected chi connectivity index (χ2v) is 6.74. The first kappa shape index (κ1) is 12.8. The van der Waals surface area contributed by atoms with E-state index in [0.717, 1.165) is 16.5 Å². The molecule has 3 nitrogen and oxygen atoms in total. The van der Waals surface area contributed by atoms with Crippen molar-refractivity contribution in [1.29, 1.82) is 0 Å². The van der Waals surface area contributed by atoms with Gasteiger partial charge in [-0.15, -0.1) is 0 Å². The summed E-state index contributed by atoms with van der Waals surface area (Å²) >= 11 is 5.36. The molecule has 1 heterocycles. The highest BCUT2D eigenvalue weighted by molar-refractivity contribution is 7.71. The Balaban J connectivity index is 2.31. The number of rotatable bonds is 1. The van der Waals surface area contributed by atoms with Gasteiger partial charge in [0.15, 0.2) is 4.77 Å². The van der Waals surface area contributed by atoms with Crippen LogP contribution in [0.1, 0.15) is 65.1 Å². The summed E-state index contributed by atoms with van der Waals surface area (Å²) < 4.78 is 2.95. The fraction of sp³-hybridized carbons (Fsp3) is 0.846. The normalized spacial score (nSPS) is 26.1. The molecule has 0 spiro atoms. The van der Waals surface area contributed by atoms with E-state index >= 15 is 0 Å². The van der Waals surface area contributed by atoms with Gasteiger partial charge in [-0.3, -0.25) is 9.67 Å². The summed E-state index contributed by atoms with van der Waals surface area (Å²) in [5, 5.41) is 7.44. The van der Waals surface area contributed by atoms with E-state index < -0.39 is 0 Å². The van der Waals surface area contributed by atoms with Crippen molar-refractivity contribution in [3.63, 3.8) is 0 Å². The third-order valence-electron chi connectivity index (χ3n) is 3.75. The van der Waals surface area contributed by atoms with Crippen molar-refractivity contribution in [1.82, 2.24) is 14.8 Å². The second kappa shape index (κ2) is 4.56. The number of aromatic nitrogens is 3. The number of nitrogens with zero attached hydrogens (tertiary/aromatic N) is 2. The van der Waals surface area contributed by atoms with E-state index in [1.165, 1.54) is 25.7 Å². The lowest BCUT2D eigenvalue weighted by Crippen LogP contribution is -2.26. The molecule has 1 aromatic heterocycles. The van der Waals surface area contributed by atoms with Gasteiger partial charge in [0.25, 0.3) is 0 Å². The monoisotopic (exact) mass is 253 g/mol. The van der Waals surface area contributed by atoms with Crippen LogP contribution in [0.3, 0.4) is 0 Å². The van der Waals surface area contributed by atoms with Gasteiger partial charge in [0.2, 0.25) is 0 Å². The lowest BCUT2D eigenvalue weighted by atomic mass is 9.82. The van der Waals surface area contributed by atoms with E-state index in [4.69, 9.17) is 12.2 Å². The molecule has 4 heteroatoms. The Morgan fingerprint density at radius 3 is 2.35 bits per heavy atom. The van der Waals surface area contributed by atoms with E-state index in [-0.39, 0.29) is 5.54 Å². The average Bonchev–Trinajstić information content (AvgIpc) is 2.61. The molecule has 0 saturated heterocycles. The summed E-state index contributed by atoms with van der Waals surface area (Å²) in [5.74, 6) is 2.61. The topological polar surface area (TPSA) is 33.6 Å². The molecule has 0 bridgehead atoms. The largest absolute Gasteiger partial charge is 0.299 e. The van der Waals surface area contributed by atoms with Crippen LogP contribution in [0.4, 0.5) is 0 Å². The Morgan fingerprint density at radius 2 is 1.82 bits per heavy atom. The van der Waals surface area contributed by atoms with Gasteiger partial charge >= 0.3 is 0 Å². The van der Waals surface area contributed by atoms with Crippen LogP contribution >= 0.6 is 12.2 Å². The third-order valence-corrected chi connectivity index (χ3v) is 4.02. The van der Waals surface area contributed by atoms with Crippen LogP contribution in [0.2, 0.25) is 0 Å². The second-order valence-electron chi connectivity index (χ2n) is 6.35. The van der Waals surface area contributed by atoms with Crippen molar-refractivity contribution in [2.75, 3.05) is 0 Å². The average molecular weight is 253 g/mol.